The fourth-order valence-electron chi connectivity index (χ4n) is 2.97. The summed E-state index contributed by atoms with van der Waals surface area (Å²) in [4.78, 5) is 2.20. The van der Waals surface area contributed by atoms with E-state index in [0.717, 1.165) is 43.5 Å². The third-order valence-electron chi connectivity index (χ3n) is 4.30. The zero-order valence-corrected chi connectivity index (χ0v) is 12.2. The molecule has 0 aromatic heterocycles. The van der Waals surface area contributed by atoms with Crippen molar-refractivity contribution in [1.82, 2.24) is 4.90 Å². The van der Waals surface area contributed by atoms with Crippen LogP contribution in [-0.2, 0) is 6.54 Å². The molecule has 106 valence electrons. The molecule has 1 aromatic rings. The second-order valence-electron chi connectivity index (χ2n) is 6.02. The lowest BCUT2D eigenvalue weighted by atomic mass is 10.0. The molecule has 1 fully saturated rings. The van der Waals surface area contributed by atoms with Crippen molar-refractivity contribution in [1.29, 1.82) is 0 Å². The Kier molecular flexibility index (Phi) is 4.48. The first-order chi connectivity index (χ1) is 8.97. The van der Waals surface area contributed by atoms with Gasteiger partial charge in [0.1, 0.15) is 5.75 Å². The first-order valence-electron chi connectivity index (χ1n) is 7.13. The summed E-state index contributed by atoms with van der Waals surface area (Å²) >= 11 is 0. The summed E-state index contributed by atoms with van der Waals surface area (Å²) in [6.45, 7) is 5.71. The molecule has 2 rings (SSSR count). The summed E-state index contributed by atoms with van der Waals surface area (Å²) in [5, 5.41) is 19.9. The van der Waals surface area contributed by atoms with Crippen LogP contribution in [0.1, 0.15) is 36.0 Å². The molecule has 3 heteroatoms. The van der Waals surface area contributed by atoms with Crippen molar-refractivity contribution in [2.45, 2.75) is 45.8 Å². The van der Waals surface area contributed by atoms with Gasteiger partial charge in [-0.3, -0.25) is 0 Å². The second kappa shape index (κ2) is 5.93. The fraction of sp³-hybridized carbons (Fsp3) is 0.625. The van der Waals surface area contributed by atoms with Gasteiger partial charge in [-0.2, -0.15) is 0 Å². The number of nitrogens with zero attached hydrogens (tertiary/aromatic N) is 1. The van der Waals surface area contributed by atoms with Crippen LogP contribution in [0.15, 0.2) is 12.1 Å². The number of aryl methyl sites for hydroxylation is 2. The first-order valence-corrected chi connectivity index (χ1v) is 7.13. The van der Waals surface area contributed by atoms with Gasteiger partial charge in [0.25, 0.3) is 0 Å². The summed E-state index contributed by atoms with van der Waals surface area (Å²) in [5.41, 5.74) is 3.30. The van der Waals surface area contributed by atoms with Gasteiger partial charge in [0.05, 0.1) is 6.10 Å². The lowest BCUT2D eigenvalue weighted by Crippen LogP contribution is -2.29. The van der Waals surface area contributed by atoms with Crippen LogP contribution in [0.4, 0.5) is 0 Å². The van der Waals surface area contributed by atoms with Gasteiger partial charge in [0.2, 0.25) is 0 Å². The van der Waals surface area contributed by atoms with E-state index in [-0.39, 0.29) is 6.10 Å². The van der Waals surface area contributed by atoms with Gasteiger partial charge < -0.3 is 15.1 Å². The van der Waals surface area contributed by atoms with Gasteiger partial charge in [0.15, 0.2) is 0 Å². The molecule has 1 aliphatic carbocycles. The van der Waals surface area contributed by atoms with E-state index in [1.807, 2.05) is 13.0 Å². The predicted octanol–water partition coefficient (Wildman–Crippen LogP) is 2.60. The molecule has 0 spiro atoms. The van der Waals surface area contributed by atoms with Gasteiger partial charge in [-0.1, -0.05) is 12.5 Å². The van der Waals surface area contributed by atoms with Gasteiger partial charge in [-0.05, 0) is 56.8 Å². The minimum atomic E-state index is -0.143. The van der Waals surface area contributed by atoms with Gasteiger partial charge in [-0.25, -0.2) is 0 Å². The average Bonchev–Trinajstić information content (AvgIpc) is 2.72. The number of hydrogen-bond acceptors (Lipinski definition) is 3. The van der Waals surface area contributed by atoms with E-state index in [1.54, 1.807) is 0 Å². The summed E-state index contributed by atoms with van der Waals surface area (Å²) in [6.07, 6.45) is 3.04. The average molecular weight is 263 g/mol. The Morgan fingerprint density at radius 1 is 1.21 bits per heavy atom. The maximum absolute atomic E-state index is 10.0. The van der Waals surface area contributed by atoms with Crippen LogP contribution in [0.2, 0.25) is 0 Å². The normalized spacial score (nSPS) is 23.2. The molecule has 0 aliphatic heterocycles. The number of hydrogen-bond donors (Lipinski definition) is 2. The number of rotatable bonds is 4. The van der Waals surface area contributed by atoms with E-state index in [4.69, 9.17) is 0 Å². The first kappa shape index (κ1) is 14.4. The van der Waals surface area contributed by atoms with Crippen LogP contribution in [-0.4, -0.2) is 34.8 Å². The topological polar surface area (TPSA) is 43.7 Å². The number of aliphatic hydroxyl groups excluding tert-OH is 1. The number of benzene rings is 1. The monoisotopic (exact) mass is 263 g/mol. The van der Waals surface area contributed by atoms with Crippen LogP contribution in [0, 0.1) is 19.8 Å². The van der Waals surface area contributed by atoms with E-state index in [0.29, 0.717) is 11.7 Å². The molecular weight excluding hydrogens is 238 g/mol. The molecule has 19 heavy (non-hydrogen) atoms. The largest absolute Gasteiger partial charge is 0.508 e. The summed E-state index contributed by atoms with van der Waals surface area (Å²) < 4.78 is 0. The van der Waals surface area contributed by atoms with Crippen molar-refractivity contribution >= 4 is 0 Å². The Morgan fingerprint density at radius 3 is 2.53 bits per heavy atom. The minimum Gasteiger partial charge on any atom is -0.508 e. The van der Waals surface area contributed by atoms with Gasteiger partial charge in [-0.15, -0.1) is 0 Å². The number of phenolic OH excluding ortho intramolecular Hbond substituents is 1. The van der Waals surface area contributed by atoms with E-state index in [9.17, 15) is 10.2 Å². The summed E-state index contributed by atoms with van der Waals surface area (Å²) in [7, 11) is 2.06. The molecule has 0 heterocycles. The van der Waals surface area contributed by atoms with Crippen molar-refractivity contribution in [3.63, 3.8) is 0 Å². The minimum absolute atomic E-state index is 0.143. The van der Waals surface area contributed by atoms with E-state index in [1.165, 1.54) is 5.56 Å². The number of phenols is 1. The second-order valence-corrected chi connectivity index (χ2v) is 6.02. The predicted molar refractivity (Wildman–Crippen MR) is 77.3 cm³/mol. The molecule has 2 unspecified atom stereocenters. The molecule has 0 amide bonds. The highest BCUT2D eigenvalue weighted by molar-refractivity contribution is 5.40. The molecule has 3 nitrogen and oxygen atoms in total. The quantitative estimate of drug-likeness (QED) is 0.877. The highest BCUT2D eigenvalue weighted by atomic mass is 16.3. The Morgan fingerprint density at radius 2 is 1.89 bits per heavy atom. The van der Waals surface area contributed by atoms with Gasteiger partial charge in [0, 0.05) is 18.7 Å². The van der Waals surface area contributed by atoms with Crippen molar-refractivity contribution in [2.24, 2.45) is 5.92 Å². The zero-order valence-electron chi connectivity index (χ0n) is 12.2. The maximum Gasteiger partial charge on any atom is 0.120 e. The molecule has 0 bridgehead atoms. The van der Waals surface area contributed by atoms with Crippen LogP contribution in [0.5, 0.6) is 5.75 Å². The molecule has 0 radical (unpaired) electrons. The fourth-order valence-corrected chi connectivity index (χ4v) is 2.97. The lowest BCUT2D eigenvalue weighted by Gasteiger charge is -2.23. The third kappa shape index (κ3) is 3.48. The van der Waals surface area contributed by atoms with E-state index < -0.39 is 0 Å². The van der Waals surface area contributed by atoms with Crippen LogP contribution in [0.3, 0.4) is 0 Å². The molecule has 1 aromatic carbocycles. The SMILES string of the molecule is Cc1cc(O)c(CN(C)CC2CCCC2O)cc1C. The molecular formula is C16H25NO2. The summed E-state index contributed by atoms with van der Waals surface area (Å²) in [5.74, 6) is 0.764. The van der Waals surface area contributed by atoms with Crippen LogP contribution < -0.4 is 0 Å². The van der Waals surface area contributed by atoms with E-state index in [2.05, 4.69) is 24.9 Å². The van der Waals surface area contributed by atoms with E-state index >= 15 is 0 Å². The zero-order chi connectivity index (χ0) is 14.0. The van der Waals surface area contributed by atoms with Crippen molar-refractivity contribution < 1.29 is 10.2 Å². The van der Waals surface area contributed by atoms with Crippen molar-refractivity contribution in [3.8, 4) is 5.75 Å². The standard InChI is InChI=1S/C16H25NO2/c1-11-7-14(16(19)8-12(11)2)10-17(3)9-13-5-4-6-15(13)18/h7-8,13,15,18-19H,4-6,9-10H2,1-3H3. The molecule has 2 N–H and O–H groups in total. The highest BCUT2D eigenvalue weighted by Gasteiger charge is 2.26. The molecule has 1 saturated carbocycles. The Labute approximate surface area is 115 Å². The molecule has 1 aliphatic rings. The Balaban J connectivity index is 1.98. The Bertz CT molecular complexity index is 445. The van der Waals surface area contributed by atoms with Crippen molar-refractivity contribution in [3.05, 3.63) is 28.8 Å². The third-order valence-corrected chi connectivity index (χ3v) is 4.30. The molecule has 2 atom stereocenters. The Hall–Kier alpha value is -1.06. The summed E-state index contributed by atoms with van der Waals surface area (Å²) in [6, 6.07) is 3.90. The number of aliphatic hydroxyl groups is 1. The van der Waals surface area contributed by atoms with Crippen LogP contribution in [0.25, 0.3) is 0 Å². The smallest absolute Gasteiger partial charge is 0.120 e. The van der Waals surface area contributed by atoms with Gasteiger partial charge >= 0.3 is 0 Å². The number of aromatic hydroxyl groups is 1. The molecule has 0 saturated heterocycles. The highest BCUT2D eigenvalue weighted by Crippen LogP contribution is 2.27. The maximum atomic E-state index is 10.0. The lowest BCUT2D eigenvalue weighted by molar-refractivity contribution is 0.107. The van der Waals surface area contributed by atoms with Crippen molar-refractivity contribution in [2.75, 3.05) is 13.6 Å². The van der Waals surface area contributed by atoms with Crippen LogP contribution >= 0.6 is 0 Å².